The maximum absolute atomic E-state index is 5.54. The summed E-state index contributed by atoms with van der Waals surface area (Å²) < 4.78 is 10.8. The van der Waals surface area contributed by atoms with E-state index in [1.807, 2.05) is 6.92 Å². The van der Waals surface area contributed by atoms with Gasteiger partial charge in [-0.1, -0.05) is 0 Å². The first-order chi connectivity index (χ1) is 7.70. The van der Waals surface area contributed by atoms with Crippen molar-refractivity contribution in [2.75, 3.05) is 13.2 Å². The lowest BCUT2D eigenvalue weighted by atomic mass is 9.97. The molecule has 1 aliphatic rings. The fraction of sp³-hybridized carbons (Fsp3) is 0.571. The van der Waals surface area contributed by atoms with Gasteiger partial charge >= 0.3 is 0 Å². The second kappa shape index (κ2) is 4.88. The van der Waals surface area contributed by atoms with E-state index in [4.69, 9.17) is 9.47 Å². The summed E-state index contributed by atoms with van der Waals surface area (Å²) in [4.78, 5) is 0. The van der Waals surface area contributed by atoms with Gasteiger partial charge in [0.2, 0.25) is 0 Å². The Kier molecular flexibility index (Phi) is 3.49. The van der Waals surface area contributed by atoms with Crippen LogP contribution in [0.4, 0.5) is 0 Å². The Morgan fingerprint density at radius 2 is 1.94 bits per heavy atom. The monoisotopic (exact) mass is 220 g/mol. The molecule has 88 valence electrons. The molecule has 1 aromatic rings. The van der Waals surface area contributed by atoms with Crippen LogP contribution in [0.1, 0.15) is 30.0 Å². The maximum Gasteiger partial charge on any atom is 0.119 e. The predicted molar refractivity (Wildman–Crippen MR) is 65.1 cm³/mol. The molecule has 1 heterocycles. The third kappa shape index (κ3) is 2.76. The van der Waals surface area contributed by atoms with Crippen LogP contribution in [0.15, 0.2) is 12.1 Å². The maximum atomic E-state index is 5.54. The van der Waals surface area contributed by atoms with Crippen LogP contribution in [0.3, 0.4) is 0 Å². The lowest BCUT2D eigenvalue weighted by Gasteiger charge is -2.12. The van der Waals surface area contributed by atoms with Crippen LogP contribution in [0.25, 0.3) is 0 Å². The summed E-state index contributed by atoms with van der Waals surface area (Å²) >= 11 is 0. The molecular weight excluding hydrogens is 200 g/mol. The number of hydrogen-bond donors (Lipinski definition) is 0. The lowest BCUT2D eigenvalue weighted by Crippen LogP contribution is -2.00. The van der Waals surface area contributed by atoms with Gasteiger partial charge in [-0.2, -0.15) is 0 Å². The summed E-state index contributed by atoms with van der Waals surface area (Å²) in [5.74, 6) is 0.990. The largest absolute Gasteiger partial charge is 0.494 e. The molecule has 1 unspecified atom stereocenters. The highest BCUT2D eigenvalue weighted by molar-refractivity contribution is 5.41. The van der Waals surface area contributed by atoms with E-state index in [9.17, 15) is 0 Å². The van der Waals surface area contributed by atoms with E-state index < -0.39 is 0 Å². The van der Waals surface area contributed by atoms with Crippen LogP contribution < -0.4 is 4.74 Å². The summed E-state index contributed by atoms with van der Waals surface area (Å²) in [6, 6.07) is 4.28. The Balaban J connectivity index is 2.10. The molecule has 0 radical (unpaired) electrons. The Hall–Kier alpha value is -1.02. The minimum absolute atomic E-state index is 0.519. The molecule has 2 nitrogen and oxygen atoms in total. The van der Waals surface area contributed by atoms with Gasteiger partial charge in [0.1, 0.15) is 5.75 Å². The van der Waals surface area contributed by atoms with E-state index in [-0.39, 0.29) is 0 Å². The normalized spacial score (nSPS) is 18.6. The Morgan fingerprint density at radius 1 is 1.31 bits per heavy atom. The van der Waals surface area contributed by atoms with Gasteiger partial charge < -0.3 is 9.47 Å². The fourth-order valence-electron chi connectivity index (χ4n) is 2.14. The summed E-state index contributed by atoms with van der Waals surface area (Å²) in [6.45, 7) is 8.03. The van der Waals surface area contributed by atoms with Crippen molar-refractivity contribution >= 4 is 0 Å². The molecule has 1 atom stereocenters. The SMILES string of the molecule is CCOc1cc(C)c(CCC2CO2)c(C)c1. The molecule has 0 amide bonds. The van der Waals surface area contributed by atoms with Crippen LogP contribution in [0.2, 0.25) is 0 Å². The van der Waals surface area contributed by atoms with E-state index in [1.165, 1.54) is 16.7 Å². The number of aryl methyl sites for hydroxylation is 2. The zero-order chi connectivity index (χ0) is 11.5. The zero-order valence-electron chi connectivity index (χ0n) is 10.4. The van der Waals surface area contributed by atoms with Crippen molar-refractivity contribution in [2.24, 2.45) is 0 Å². The average Bonchev–Trinajstić information content (AvgIpc) is 3.00. The quantitative estimate of drug-likeness (QED) is 0.711. The van der Waals surface area contributed by atoms with Crippen LogP contribution in [-0.4, -0.2) is 19.3 Å². The van der Waals surface area contributed by atoms with Gasteiger partial charge in [0, 0.05) is 0 Å². The molecule has 0 N–H and O–H groups in total. The Bertz CT molecular complexity index is 344. The number of ether oxygens (including phenoxy) is 2. The summed E-state index contributed by atoms with van der Waals surface area (Å²) in [5, 5.41) is 0. The van der Waals surface area contributed by atoms with Crippen molar-refractivity contribution in [3.05, 3.63) is 28.8 Å². The molecule has 1 saturated heterocycles. The number of hydrogen-bond acceptors (Lipinski definition) is 2. The first-order valence-corrected chi connectivity index (χ1v) is 6.05. The fourth-order valence-corrected chi connectivity index (χ4v) is 2.14. The van der Waals surface area contributed by atoms with Crippen LogP contribution in [0.5, 0.6) is 5.75 Å². The minimum atomic E-state index is 0.519. The third-order valence-corrected chi connectivity index (χ3v) is 3.10. The molecule has 0 aromatic heterocycles. The first kappa shape index (κ1) is 11.5. The summed E-state index contributed by atoms with van der Waals surface area (Å²) in [6.07, 6.45) is 2.79. The Labute approximate surface area is 97.6 Å². The van der Waals surface area contributed by atoms with E-state index in [0.717, 1.165) is 31.8 Å². The number of rotatable bonds is 5. The Morgan fingerprint density at radius 3 is 2.44 bits per heavy atom. The molecule has 0 bridgehead atoms. The topological polar surface area (TPSA) is 21.8 Å². The van der Waals surface area contributed by atoms with E-state index in [0.29, 0.717) is 6.10 Å². The van der Waals surface area contributed by atoms with Gasteiger partial charge in [0.25, 0.3) is 0 Å². The highest BCUT2D eigenvalue weighted by atomic mass is 16.6. The molecule has 0 aliphatic carbocycles. The van der Waals surface area contributed by atoms with Gasteiger partial charge in [-0.3, -0.25) is 0 Å². The molecule has 2 heteroatoms. The van der Waals surface area contributed by atoms with E-state index in [1.54, 1.807) is 0 Å². The molecule has 16 heavy (non-hydrogen) atoms. The smallest absolute Gasteiger partial charge is 0.119 e. The predicted octanol–water partition coefficient (Wildman–Crippen LogP) is 3.03. The van der Waals surface area contributed by atoms with Crippen LogP contribution in [-0.2, 0) is 11.2 Å². The standard InChI is InChI=1S/C14H20O2/c1-4-15-13-7-10(2)14(11(3)8-13)6-5-12-9-16-12/h7-8,12H,4-6,9H2,1-3H3. The van der Waals surface area contributed by atoms with Crippen molar-refractivity contribution in [3.63, 3.8) is 0 Å². The molecular formula is C14H20O2. The second-order valence-electron chi connectivity index (χ2n) is 4.46. The molecule has 1 fully saturated rings. The van der Waals surface area contributed by atoms with Crippen molar-refractivity contribution < 1.29 is 9.47 Å². The molecule has 2 rings (SSSR count). The number of epoxide rings is 1. The van der Waals surface area contributed by atoms with Crippen molar-refractivity contribution in [3.8, 4) is 5.75 Å². The first-order valence-electron chi connectivity index (χ1n) is 6.05. The highest BCUT2D eigenvalue weighted by Gasteiger charge is 2.22. The average molecular weight is 220 g/mol. The lowest BCUT2D eigenvalue weighted by molar-refractivity contribution is 0.339. The highest BCUT2D eigenvalue weighted by Crippen LogP contribution is 2.25. The van der Waals surface area contributed by atoms with Crippen LogP contribution >= 0.6 is 0 Å². The minimum Gasteiger partial charge on any atom is -0.494 e. The molecule has 1 aliphatic heterocycles. The van der Waals surface area contributed by atoms with Crippen molar-refractivity contribution in [2.45, 2.75) is 39.7 Å². The van der Waals surface area contributed by atoms with E-state index in [2.05, 4.69) is 26.0 Å². The molecule has 1 aromatic carbocycles. The van der Waals surface area contributed by atoms with E-state index >= 15 is 0 Å². The van der Waals surface area contributed by atoms with Crippen molar-refractivity contribution in [1.82, 2.24) is 0 Å². The van der Waals surface area contributed by atoms with Crippen LogP contribution in [0, 0.1) is 13.8 Å². The third-order valence-electron chi connectivity index (χ3n) is 3.10. The summed E-state index contributed by atoms with van der Waals surface area (Å²) in [5.41, 5.74) is 4.13. The van der Waals surface area contributed by atoms with Gasteiger partial charge in [-0.25, -0.2) is 0 Å². The van der Waals surface area contributed by atoms with Gasteiger partial charge in [-0.05, 0) is 62.4 Å². The van der Waals surface area contributed by atoms with Crippen molar-refractivity contribution in [1.29, 1.82) is 0 Å². The van der Waals surface area contributed by atoms with Gasteiger partial charge in [-0.15, -0.1) is 0 Å². The van der Waals surface area contributed by atoms with Gasteiger partial charge in [0.05, 0.1) is 19.3 Å². The second-order valence-corrected chi connectivity index (χ2v) is 4.46. The molecule has 0 spiro atoms. The summed E-state index contributed by atoms with van der Waals surface area (Å²) in [7, 11) is 0. The molecule has 0 saturated carbocycles. The zero-order valence-corrected chi connectivity index (χ0v) is 10.4. The van der Waals surface area contributed by atoms with Gasteiger partial charge in [0.15, 0.2) is 0 Å². The number of benzene rings is 1.